The van der Waals surface area contributed by atoms with E-state index in [4.69, 9.17) is 0 Å². The van der Waals surface area contributed by atoms with Crippen LogP contribution in [0.2, 0.25) is 0 Å². The minimum atomic E-state index is -0.753. The Bertz CT molecular complexity index is 609. The molecule has 2 rings (SSSR count). The Kier molecular flexibility index (Phi) is 4.34. The van der Waals surface area contributed by atoms with Crippen LogP contribution in [0, 0.1) is 11.3 Å². The molecule has 0 radical (unpaired) electrons. The van der Waals surface area contributed by atoms with E-state index in [9.17, 15) is 5.26 Å². The van der Waals surface area contributed by atoms with Crippen LogP contribution in [-0.4, -0.2) is 19.0 Å². The zero-order valence-corrected chi connectivity index (χ0v) is 11.8. The predicted molar refractivity (Wildman–Crippen MR) is 82.9 cm³/mol. The second-order valence-electron chi connectivity index (χ2n) is 4.88. The summed E-state index contributed by atoms with van der Waals surface area (Å²) in [6, 6.07) is 22.3. The minimum absolute atomic E-state index is 0.753. The molecule has 2 nitrogen and oxygen atoms in total. The SMILES string of the molecule is CN(C)C(C#N)(/C=C/c1ccccc1)c1ccccc1. The molecule has 0 aliphatic carbocycles. The lowest BCUT2D eigenvalue weighted by Gasteiger charge is -2.31. The van der Waals surface area contributed by atoms with E-state index < -0.39 is 5.54 Å². The highest BCUT2D eigenvalue weighted by molar-refractivity contribution is 5.54. The van der Waals surface area contributed by atoms with Crippen molar-refractivity contribution in [2.24, 2.45) is 0 Å². The summed E-state index contributed by atoms with van der Waals surface area (Å²) in [6.45, 7) is 0. The van der Waals surface area contributed by atoms with Gasteiger partial charge in [0.25, 0.3) is 0 Å². The van der Waals surface area contributed by atoms with E-state index in [1.54, 1.807) is 0 Å². The molecule has 2 aromatic rings. The summed E-state index contributed by atoms with van der Waals surface area (Å²) in [5, 5.41) is 9.74. The first-order chi connectivity index (χ1) is 9.69. The van der Waals surface area contributed by atoms with Crippen LogP contribution in [0.1, 0.15) is 11.1 Å². The first-order valence-electron chi connectivity index (χ1n) is 6.57. The lowest BCUT2D eigenvalue weighted by atomic mass is 9.89. The topological polar surface area (TPSA) is 27.0 Å². The van der Waals surface area contributed by atoms with Gasteiger partial charge in [-0.1, -0.05) is 66.7 Å². The van der Waals surface area contributed by atoms with E-state index in [-0.39, 0.29) is 0 Å². The second kappa shape index (κ2) is 6.18. The zero-order chi connectivity index (χ0) is 14.4. The van der Waals surface area contributed by atoms with Crippen molar-refractivity contribution in [1.82, 2.24) is 4.90 Å². The van der Waals surface area contributed by atoms with E-state index in [1.165, 1.54) is 0 Å². The molecule has 0 aromatic heterocycles. The van der Waals surface area contributed by atoms with Crippen molar-refractivity contribution in [3.8, 4) is 6.07 Å². The Hall–Kier alpha value is -2.37. The summed E-state index contributed by atoms with van der Waals surface area (Å²) < 4.78 is 0. The number of nitrogens with zero attached hydrogens (tertiary/aromatic N) is 2. The summed E-state index contributed by atoms with van der Waals surface area (Å²) >= 11 is 0. The molecule has 0 saturated carbocycles. The molecule has 2 aromatic carbocycles. The van der Waals surface area contributed by atoms with Crippen molar-refractivity contribution in [3.63, 3.8) is 0 Å². The lowest BCUT2D eigenvalue weighted by Crippen LogP contribution is -2.38. The number of benzene rings is 2. The first-order valence-corrected chi connectivity index (χ1v) is 6.57. The van der Waals surface area contributed by atoms with Gasteiger partial charge in [-0.15, -0.1) is 0 Å². The van der Waals surface area contributed by atoms with E-state index in [1.807, 2.05) is 91.8 Å². The van der Waals surface area contributed by atoms with Gasteiger partial charge in [0.05, 0.1) is 6.07 Å². The van der Waals surface area contributed by atoms with Gasteiger partial charge in [-0.05, 0) is 31.3 Å². The van der Waals surface area contributed by atoms with Crippen LogP contribution in [-0.2, 0) is 5.54 Å². The smallest absolute Gasteiger partial charge is 0.153 e. The first kappa shape index (κ1) is 14.0. The van der Waals surface area contributed by atoms with Crippen LogP contribution < -0.4 is 0 Å². The van der Waals surface area contributed by atoms with Gasteiger partial charge in [-0.3, -0.25) is 4.90 Å². The van der Waals surface area contributed by atoms with Gasteiger partial charge in [0, 0.05) is 0 Å². The number of likely N-dealkylation sites (N-methyl/N-ethyl adjacent to an activating group) is 1. The lowest BCUT2D eigenvalue weighted by molar-refractivity contribution is 0.276. The van der Waals surface area contributed by atoms with Gasteiger partial charge >= 0.3 is 0 Å². The van der Waals surface area contributed by atoms with Crippen molar-refractivity contribution >= 4 is 6.08 Å². The summed E-state index contributed by atoms with van der Waals surface area (Å²) in [5.74, 6) is 0. The molecule has 0 heterocycles. The molecule has 0 bridgehead atoms. The molecule has 0 saturated heterocycles. The highest BCUT2D eigenvalue weighted by atomic mass is 15.1. The van der Waals surface area contributed by atoms with Gasteiger partial charge < -0.3 is 0 Å². The third-order valence-corrected chi connectivity index (χ3v) is 3.41. The van der Waals surface area contributed by atoms with Gasteiger partial charge in [-0.2, -0.15) is 5.26 Å². The maximum absolute atomic E-state index is 9.74. The molecule has 1 unspecified atom stereocenters. The second-order valence-corrected chi connectivity index (χ2v) is 4.88. The van der Waals surface area contributed by atoms with Gasteiger partial charge in [-0.25, -0.2) is 0 Å². The average Bonchev–Trinajstić information content (AvgIpc) is 2.50. The monoisotopic (exact) mass is 262 g/mol. The fourth-order valence-electron chi connectivity index (χ4n) is 2.18. The highest BCUT2D eigenvalue weighted by Crippen LogP contribution is 2.28. The molecular weight excluding hydrogens is 244 g/mol. The quantitative estimate of drug-likeness (QED) is 0.840. The fraction of sp³-hybridized carbons (Fsp3) is 0.167. The maximum Gasteiger partial charge on any atom is 0.153 e. The average molecular weight is 262 g/mol. The zero-order valence-electron chi connectivity index (χ0n) is 11.8. The van der Waals surface area contributed by atoms with Crippen molar-refractivity contribution in [2.75, 3.05) is 14.1 Å². The molecular formula is C18H18N2. The molecule has 0 fully saturated rings. The third-order valence-electron chi connectivity index (χ3n) is 3.41. The van der Waals surface area contributed by atoms with Crippen LogP contribution in [0.15, 0.2) is 66.7 Å². The normalized spacial score (nSPS) is 14.1. The van der Waals surface area contributed by atoms with Crippen molar-refractivity contribution < 1.29 is 0 Å². The Labute approximate surface area is 120 Å². The summed E-state index contributed by atoms with van der Waals surface area (Å²) in [5.41, 5.74) is 1.31. The maximum atomic E-state index is 9.74. The third kappa shape index (κ3) is 2.79. The van der Waals surface area contributed by atoms with E-state index in [2.05, 4.69) is 6.07 Å². The Morgan fingerprint density at radius 2 is 1.50 bits per heavy atom. The van der Waals surface area contributed by atoms with Gasteiger partial charge in [0.15, 0.2) is 5.54 Å². The molecule has 0 aliphatic heterocycles. The molecule has 1 atom stereocenters. The summed E-state index contributed by atoms with van der Waals surface area (Å²) in [6.07, 6.45) is 3.95. The minimum Gasteiger partial charge on any atom is -0.285 e. The van der Waals surface area contributed by atoms with Crippen LogP contribution in [0.4, 0.5) is 0 Å². The Morgan fingerprint density at radius 1 is 0.950 bits per heavy atom. The molecule has 2 heteroatoms. The Balaban J connectivity index is 2.44. The fourth-order valence-corrected chi connectivity index (χ4v) is 2.18. The van der Waals surface area contributed by atoms with Crippen LogP contribution in [0.3, 0.4) is 0 Å². The molecule has 0 N–H and O–H groups in total. The number of hydrogen-bond acceptors (Lipinski definition) is 2. The van der Waals surface area contributed by atoms with Crippen molar-refractivity contribution in [2.45, 2.75) is 5.54 Å². The largest absolute Gasteiger partial charge is 0.285 e. The van der Waals surface area contributed by atoms with Gasteiger partial charge in [0.2, 0.25) is 0 Å². The number of nitriles is 1. The van der Waals surface area contributed by atoms with E-state index >= 15 is 0 Å². The van der Waals surface area contributed by atoms with Crippen LogP contribution in [0.5, 0.6) is 0 Å². The van der Waals surface area contributed by atoms with Crippen molar-refractivity contribution in [3.05, 3.63) is 77.9 Å². The van der Waals surface area contributed by atoms with Crippen LogP contribution >= 0.6 is 0 Å². The number of hydrogen-bond donors (Lipinski definition) is 0. The van der Waals surface area contributed by atoms with Gasteiger partial charge in [0.1, 0.15) is 0 Å². The summed E-state index contributed by atoms with van der Waals surface area (Å²) in [4.78, 5) is 1.93. The standard InChI is InChI=1S/C18H18N2/c1-20(2)18(15-19,17-11-7-4-8-12-17)14-13-16-9-5-3-6-10-16/h3-14H,1-2H3/b14-13+. The van der Waals surface area contributed by atoms with E-state index in [0.29, 0.717) is 0 Å². The van der Waals surface area contributed by atoms with E-state index in [0.717, 1.165) is 11.1 Å². The van der Waals surface area contributed by atoms with Crippen molar-refractivity contribution in [1.29, 1.82) is 5.26 Å². The molecule has 20 heavy (non-hydrogen) atoms. The molecule has 0 amide bonds. The molecule has 0 spiro atoms. The molecule has 0 aliphatic rings. The number of rotatable bonds is 4. The highest BCUT2D eigenvalue weighted by Gasteiger charge is 2.31. The Morgan fingerprint density at radius 3 is 2.00 bits per heavy atom. The summed E-state index contributed by atoms with van der Waals surface area (Å²) in [7, 11) is 3.84. The van der Waals surface area contributed by atoms with Crippen LogP contribution in [0.25, 0.3) is 6.08 Å². The molecule has 100 valence electrons. The predicted octanol–water partition coefficient (Wildman–Crippen LogP) is 3.68.